The minimum absolute atomic E-state index is 0.00511. The fraction of sp³-hybridized carbons (Fsp3) is 0.526. The summed E-state index contributed by atoms with van der Waals surface area (Å²) in [5.74, 6) is 0.346. The van der Waals surface area contributed by atoms with Crippen LogP contribution in [-0.2, 0) is 11.3 Å². The summed E-state index contributed by atoms with van der Waals surface area (Å²) < 4.78 is 6.08. The highest BCUT2D eigenvalue weighted by Gasteiger charge is 2.39. The van der Waals surface area contributed by atoms with Gasteiger partial charge in [-0.15, -0.1) is 11.3 Å². The molecule has 2 aromatic rings. The van der Waals surface area contributed by atoms with Crippen LogP contribution >= 0.6 is 11.3 Å². The number of aromatic nitrogens is 2. The highest BCUT2D eigenvalue weighted by Crippen LogP contribution is 2.26. The van der Waals surface area contributed by atoms with E-state index in [2.05, 4.69) is 32.4 Å². The quantitative estimate of drug-likeness (QED) is 0.826. The number of ether oxygens (including phenoxy) is 1. The molecule has 4 rings (SSSR count). The average molecular weight is 372 g/mol. The Kier molecular flexibility index (Phi) is 5.02. The number of likely N-dealkylation sites (tertiary alicyclic amines) is 1. The van der Waals surface area contributed by atoms with Crippen molar-refractivity contribution < 1.29 is 9.53 Å². The van der Waals surface area contributed by atoms with Crippen molar-refractivity contribution in [2.45, 2.75) is 26.5 Å². The van der Waals surface area contributed by atoms with Crippen molar-refractivity contribution in [3.63, 3.8) is 0 Å². The van der Waals surface area contributed by atoms with Crippen LogP contribution in [0.15, 0.2) is 23.8 Å². The number of carbonyl (C=O) groups is 1. The standard InChI is InChI=1S/C19H24N4O2S/c1-13-14(2)20-12-21-18(13)19(24)23-9-15-8-22(5-6-25-17(15)11-23)10-16-4-3-7-26-16/h3-4,7,12,15,17H,5-6,8-11H2,1-2H3/t15-,17+/m0/s1. The highest BCUT2D eigenvalue weighted by atomic mass is 32.1. The van der Waals surface area contributed by atoms with Gasteiger partial charge in [-0.2, -0.15) is 0 Å². The van der Waals surface area contributed by atoms with Gasteiger partial charge >= 0.3 is 0 Å². The molecule has 0 aliphatic carbocycles. The number of hydrogen-bond acceptors (Lipinski definition) is 6. The minimum atomic E-state index is -0.00511. The summed E-state index contributed by atoms with van der Waals surface area (Å²) in [5, 5.41) is 2.12. The highest BCUT2D eigenvalue weighted by molar-refractivity contribution is 7.09. The maximum atomic E-state index is 13.0. The van der Waals surface area contributed by atoms with Crippen LogP contribution in [-0.4, -0.2) is 64.6 Å². The van der Waals surface area contributed by atoms with Crippen LogP contribution in [0.3, 0.4) is 0 Å². The van der Waals surface area contributed by atoms with E-state index in [9.17, 15) is 4.79 Å². The van der Waals surface area contributed by atoms with E-state index in [1.807, 2.05) is 18.7 Å². The summed E-state index contributed by atoms with van der Waals surface area (Å²) in [4.78, 5) is 27.1. The number of carbonyl (C=O) groups excluding carboxylic acids is 1. The van der Waals surface area contributed by atoms with Gasteiger partial charge in [-0.25, -0.2) is 9.97 Å². The zero-order valence-corrected chi connectivity index (χ0v) is 16.0. The lowest BCUT2D eigenvalue weighted by atomic mass is 10.1. The van der Waals surface area contributed by atoms with Crippen molar-refractivity contribution in [3.8, 4) is 0 Å². The van der Waals surface area contributed by atoms with Gasteiger partial charge in [0.1, 0.15) is 12.0 Å². The van der Waals surface area contributed by atoms with E-state index in [0.29, 0.717) is 18.2 Å². The molecule has 0 aromatic carbocycles. The summed E-state index contributed by atoms with van der Waals surface area (Å²) in [6.07, 6.45) is 1.60. The van der Waals surface area contributed by atoms with Gasteiger partial charge in [0.25, 0.3) is 5.91 Å². The molecule has 4 heterocycles. The first kappa shape index (κ1) is 17.6. The molecule has 7 heteroatoms. The lowest BCUT2D eigenvalue weighted by Crippen LogP contribution is -2.34. The maximum Gasteiger partial charge on any atom is 0.272 e. The average Bonchev–Trinajstić information content (AvgIpc) is 3.23. The predicted molar refractivity (Wildman–Crippen MR) is 100 cm³/mol. The SMILES string of the molecule is Cc1ncnc(C(=O)N2C[C@@H]3CN(Cc4cccs4)CCO[C@@H]3C2)c1C. The Labute approximate surface area is 157 Å². The number of hydrogen-bond donors (Lipinski definition) is 0. The molecule has 2 fully saturated rings. The molecule has 6 nitrogen and oxygen atoms in total. The first-order chi connectivity index (χ1) is 12.6. The monoisotopic (exact) mass is 372 g/mol. The second-order valence-corrected chi connectivity index (χ2v) is 8.16. The van der Waals surface area contributed by atoms with E-state index in [-0.39, 0.29) is 12.0 Å². The Morgan fingerprint density at radius 2 is 2.19 bits per heavy atom. The van der Waals surface area contributed by atoms with Gasteiger partial charge < -0.3 is 9.64 Å². The maximum absolute atomic E-state index is 13.0. The van der Waals surface area contributed by atoms with Gasteiger partial charge in [0.05, 0.1) is 12.7 Å². The third-order valence-corrected chi connectivity index (χ3v) is 6.26. The molecule has 2 aliphatic rings. The van der Waals surface area contributed by atoms with E-state index in [1.54, 1.807) is 11.3 Å². The van der Waals surface area contributed by atoms with E-state index < -0.39 is 0 Å². The Balaban J connectivity index is 1.45. The fourth-order valence-electron chi connectivity index (χ4n) is 3.80. The molecule has 0 spiro atoms. The molecule has 26 heavy (non-hydrogen) atoms. The third-order valence-electron chi connectivity index (χ3n) is 5.40. The van der Waals surface area contributed by atoms with Crippen LogP contribution in [0.4, 0.5) is 0 Å². The summed E-state index contributed by atoms with van der Waals surface area (Å²) in [6.45, 7) is 8.80. The van der Waals surface area contributed by atoms with Gasteiger partial charge in [-0.05, 0) is 25.3 Å². The van der Waals surface area contributed by atoms with Crippen molar-refractivity contribution in [2.24, 2.45) is 5.92 Å². The number of aryl methyl sites for hydroxylation is 1. The molecular weight excluding hydrogens is 348 g/mol. The largest absolute Gasteiger partial charge is 0.375 e. The second kappa shape index (κ2) is 7.42. The molecule has 0 N–H and O–H groups in total. The van der Waals surface area contributed by atoms with Crippen molar-refractivity contribution in [2.75, 3.05) is 32.8 Å². The van der Waals surface area contributed by atoms with Crippen LogP contribution in [0, 0.1) is 19.8 Å². The summed E-state index contributed by atoms with van der Waals surface area (Å²) in [5.41, 5.74) is 2.24. The first-order valence-corrected chi connectivity index (χ1v) is 9.93. The Morgan fingerprint density at radius 1 is 1.31 bits per heavy atom. The van der Waals surface area contributed by atoms with Gasteiger partial charge in [0.15, 0.2) is 0 Å². The van der Waals surface area contributed by atoms with Crippen LogP contribution in [0.2, 0.25) is 0 Å². The smallest absolute Gasteiger partial charge is 0.272 e. The molecule has 2 aliphatic heterocycles. The number of thiophene rings is 1. The second-order valence-electron chi connectivity index (χ2n) is 7.13. The summed E-state index contributed by atoms with van der Waals surface area (Å²) in [7, 11) is 0. The number of nitrogens with zero attached hydrogens (tertiary/aromatic N) is 4. The number of rotatable bonds is 3. The molecule has 1 amide bonds. The lowest BCUT2D eigenvalue weighted by molar-refractivity contribution is 0.0482. The van der Waals surface area contributed by atoms with E-state index in [0.717, 1.165) is 44.0 Å². The van der Waals surface area contributed by atoms with Crippen LogP contribution in [0.5, 0.6) is 0 Å². The predicted octanol–water partition coefficient (Wildman–Crippen LogP) is 2.13. The van der Waals surface area contributed by atoms with Gasteiger partial charge in [-0.1, -0.05) is 6.07 Å². The van der Waals surface area contributed by atoms with Crippen molar-refractivity contribution in [1.29, 1.82) is 0 Å². The van der Waals surface area contributed by atoms with Crippen molar-refractivity contribution >= 4 is 17.2 Å². The Hall–Kier alpha value is -1.83. The molecule has 2 saturated heterocycles. The first-order valence-electron chi connectivity index (χ1n) is 9.05. The number of fused-ring (bicyclic) bond motifs is 1. The van der Waals surface area contributed by atoms with Crippen LogP contribution in [0.25, 0.3) is 0 Å². The van der Waals surface area contributed by atoms with Gasteiger partial charge in [0.2, 0.25) is 0 Å². The Morgan fingerprint density at radius 3 is 3.00 bits per heavy atom. The van der Waals surface area contributed by atoms with E-state index in [1.165, 1.54) is 11.2 Å². The molecule has 138 valence electrons. The minimum Gasteiger partial charge on any atom is -0.375 e. The topological polar surface area (TPSA) is 58.6 Å². The van der Waals surface area contributed by atoms with E-state index >= 15 is 0 Å². The third kappa shape index (κ3) is 3.51. The van der Waals surface area contributed by atoms with Crippen LogP contribution < -0.4 is 0 Å². The summed E-state index contributed by atoms with van der Waals surface area (Å²) >= 11 is 1.79. The molecule has 0 bridgehead atoms. The molecule has 0 saturated carbocycles. The molecule has 0 unspecified atom stereocenters. The molecule has 0 radical (unpaired) electrons. The Bertz CT molecular complexity index is 780. The summed E-state index contributed by atoms with van der Waals surface area (Å²) in [6, 6.07) is 4.28. The normalized spacial score (nSPS) is 23.7. The van der Waals surface area contributed by atoms with Gasteiger partial charge in [0, 0.05) is 54.8 Å². The molecular formula is C19H24N4O2S. The zero-order chi connectivity index (χ0) is 18.1. The van der Waals surface area contributed by atoms with Crippen LogP contribution in [0.1, 0.15) is 26.6 Å². The molecule has 2 aromatic heterocycles. The van der Waals surface area contributed by atoms with Crippen molar-refractivity contribution in [3.05, 3.63) is 45.7 Å². The van der Waals surface area contributed by atoms with E-state index in [4.69, 9.17) is 4.74 Å². The van der Waals surface area contributed by atoms with Gasteiger partial charge in [-0.3, -0.25) is 9.69 Å². The molecule has 2 atom stereocenters. The van der Waals surface area contributed by atoms with Crippen molar-refractivity contribution in [1.82, 2.24) is 19.8 Å². The fourth-order valence-corrected chi connectivity index (χ4v) is 4.54. The number of amides is 1. The zero-order valence-electron chi connectivity index (χ0n) is 15.2. The lowest BCUT2D eigenvalue weighted by Gasteiger charge is -2.23.